The van der Waals surface area contributed by atoms with Crippen molar-refractivity contribution in [2.24, 2.45) is 0 Å². The van der Waals surface area contributed by atoms with Crippen LogP contribution in [0, 0.1) is 11.3 Å². The average molecular weight is 400 g/mol. The zero-order valence-corrected chi connectivity index (χ0v) is 15.8. The molecule has 2 aliphatic rings. The van der Waals surface area contributed by atoms with Gasteiger partial charge in [-0.25, -0.2) is 4.79 Å². The van der Waals surface area contributed by atoms with E-state index in [9.17, 15) is 19.2 Å². The van der Waals surface area contributed by atoms with Crippen LogP contribution in [-0.2, 0) is 24.7 Å². The minimum absolute atomic E-state index is 0.159. The molecule has 1 N–H and O–H groups in total. The highest BCUT2D eigenvalue weighted by Crippen LogP contribution is 2.40. The Morgan fingerprint density at radius 1 is 1.38 bits per heavy atom. The second-order valence-electron chi connectivity index (χ2n) is 6.71. The van der Waals surface area contributed by atoms with Crippen LogP contribution in [0.3, 0.4) is 0 Å². The molecule has 3 rings (SSSR count). The van der Waals surface area contributed by atoms with E-state index in [0.29, 0.717) is 11.3 Å². The summed E-state index contributed by atoms with van der Waals surface area (Å²) in [6, 6.07) is 8.11. The number of para-hydroxylation sites is 1. The zero-order valence-electron chi connectivity index (χ0n) is 15.8. The molecule has 0 unspecified atom stereocenters. The highest BCUT2D eigenvalue weighted by Gasteiger charge is 2.55. The summed E-state index contributed by atoms with van der Waals surface area (Å²) in [6.45, 7) is -0.689. The summed E-state index contributed by atoms with van der Waals surface area (Å²) in [7, 11) is 1.48. The number of esters is 1. The molecule has 0 aromatic heterocycles. The van der Waals surface area contributed by atoms with Crippen molar-refractivity contribution < 1.29 is 28.7 Å². The molecule has 1 saturated heterocycles. The van der Waals surface area contributed by atoms with E-state index in [2.05, 4.69) is 5.32 Å². The molecule has 152 valence electrons. The first-order valence-corrected chi connectivity index (χ1v) is 9.02. The lowest BCUT2D eigenvalue weighted by Gasteiger charge is -2.33. The lowest BCUT2D eigenvalue weighted by atomic mass is 9.84. The Morgan fingerprint density at radius 3 is 2.90 bits per heavy atom. The Balaban J connectivity index is 1.64. The number of hydrogen-bond acceptors (Lipinski definition) is 7. The van der Waals surface area contributed by atoms with Crippen molar-refractivity contribution >= 4 is 23.8 Å². The van der Waals surface area contributed by atoms with Crippen LogP contribution in [0.2, 0.25) is 0 Å². The number of amides is 4. The minimum Gasteiger partial charge on any atom is -0.493 e. The van der Waals surface area contributed by atoms with Gasteiger partial charge in [-0.05, 0) is 6.07 Å². The first kappa shape index (κ1) is 20.1. The molecule has 10 nitrogen and oxygen atoms in total. The molecule has 1 fully saturated rings. The summed E-state index contributed by atoms with van der Waals surface area (Å²) in [4.78, 5) is 51.5. The number of nitriles is 1. The van der Waals surface area contributed by atoms with Gasteiger partial charge in [-0.3, -0.25) is 19.3 Å². The van der Waals surface area contributed by atoms with Gasteiger partial charge in [0.25, 0.3) is 11.8 Å². The highest BCUT2D eigenvalue weighted by atomic mass is 16.5. The van der Waals surface area contributed by atoms with Gasteiger partial charge in [-0.15, -0.1) is 0 Å². The second kappa shape index (κ2) is 8.18. The van der Waals surface area contributed by atoms with Gasteiger partial charge in [0.15, 0.2) is 12.1 Å². The summed E-state index contributed by atoms with van der Waals surface area (Å²) in [5, 5.41) is 11.2. The van der Waals surface area contributed by atoms with Crippen molar-refractivity contribution in [2.75, 3.05) is 33.4 Å². The monoisotopic (exact) mass is 400 g/mol. The molecule has 1 spiro atoms. The van der Waals surface area contributed by atoms with Crippen LogP contribution in [0.4, 0.5) is 4.79 Å². The number of urea groups is 1. The van der Waals surface area contributed by atoms with Crippen LogP contribution >= 0.6 is 0 Å². The van der Waals surface area contributed by atoms with Crippen LogP contribution in [0.5, 0.6) is 5.75 Å². The number of benzene rings is 1. The highest BCUT2D eigenvalue weighted by molar-refractivity contribution is 6.09. The van der Waals surface area contributed by atoms with Crippen LogP contribution in [-0.4, -0.2) is 67.0 Å². The molecule has 1 aromatic rings. The SMILES string of the molecule is CN(CCC#N)C(=O)COC(=O)CN1C(=O)N[C@]2(CCOc3ccccc32)C1=O. The average Bonchev–Trinajstić information content (AvgIpc) is 2.95. The van der Waals surface area contributed by atoms with Crippen molar-refractivity contribution in [1.82, 2.24) is 15.1 Å². The Labute approximate surface area is 166 Å². The van der Waals surface area contributed by atoms with Gasteiger partial charge in [0.1, 0.15) is 12.3 Å². The molecule has 29 heavy (non-hydrogen) atoms. The van der Waals surface area contributed by atoms with Gasteiger partial charge in [-0.1, -0.05) is 18.2 Å². The fourth-order valence-corrected chi connectivity index (χ4v) is 3.29. The number of carbonyl (C=O) groups excluding carboxylic acids is 4. The number of fused-ring (bicyclic) bond motifs is 2. The lowest BCUT2D eigenvalue weighted by Crippen LogP contribution is -2.47. The number of ether oxygens (including phenoxy) is 2. The molecular weight excluding hydrogens is 380 g/mol. The molecule has 0 aliphatic carbocycles. The largest absolute Gasteiger partial charge is 0.493 e. The Kier molecular flexibility index (Phi) is 5.68. The first-order valence-electron chi connectivity index (χ1n) is 9.02. The predicted molar refractivity (Wildman–Crippen MR) is 97.3 cm³/mol. The van der Waals surface area contributed by atoms with Crippen molar-refractivity contribution in [3.8, 4) is 11.8 Å². The molecular formula is C19H20N4O6. The number of carbonyl (C=O) groups is 4. The fourth-order valence-electron chi connectivity index (χ4n) is 3.29. The topological polar surface area (TPSA) is 129 Å². The third kappa shape index (κ3) is 3.85. The maximum atomic E-state index is 13.0. The van der Waals surface area contributed by atoms with Crippen LogP contribution in [0.15, 0.2) is 24.3 Å². The summed E-state index contributed by atoms with van der Waals surface area (Å²) in [5.41, 5.74) is -0.741. The first-order chi connectivity index (χ1) is 13.9. The van der Waals surface area contributed by atoms with Gasteiger partial charge in [-0.2, -0.15) is 5.26 Å². The van der Waals surface area contributed by atoms with E-state index in [-0.39, 0.29) is 26.0 Å². The molecule has 0 bridgehead atoms. The van der Waals surface area contributed by atoms with Crippen molar-refractivity contribution in [2.45, 2.75) is 18.4 Å². The molecule has 1 atom stereocenters. The number of likely N-dealkylation sites (N-methyl/N-ethyl adjacent to an activating group) is 1. The van der Waals surface area contributed by atoms with Crippen molar-refractivity contribution in [3.63, 3.8) is 0 Å². The maximum absolute atomic E-state index is 13.0. The summed E-state index contributed by atoms with van der Waals surface area (Å²) in [6.07, 6.45) is 0.397. The quantitative estimate of drug-likeness (QED) is 0.531. The van der Waals surface area contributed by atoms with Gasteiger partial charge in [0.05, 0.1) is 19.1 Å². The van der Waals surface area contributed by atoms with E-state index in [1.165, 1.54) is 11.9 Å². The van der Waals surface area contributed by atoms with E-state index < -0.39 is 42.5 Å². The molecule has 4 amide bonds. The molecule has 10 heteroatoms. The van der Waals surface area contributed by atoms with Crippen molar-refractivity contribution in [1.29, 1.82) is 5.26 Å². The standard InChI is InChI=1S/C19H20N4O6/c1-22(9-4-8-20)15(24)12-29-16(25)11-23-17(26)19(21-18(23)27)7-10-28-14-6-3-2-5-13(14)19/h2-3,5-6H,4,7,9-12H2,1H3,(H,21,27)/t19-/m0/s1. The molecule has 1 aromatic carbocycles. The third-order valence-electron chi connectivity index (χ3n) is 4.89. The van der Waals surface area contributed by atoms with Gasteiger partial charge >= 0.3 is 12.0 Å². The fraction of sp³-hybridized carbons (Fsp3) is 0.421. The molecule has 0 radical (unpaired) electrons. The van der Waals surface area contributed by atoms with Gasteiger partial charge < -0.3 is 19.7 Å². The van der Waals surface area contributed by atoms with Crippen molar-refractivity contribution in [3.05, 3.63) is 29.8 Å². The maximum Gasteiger partial charge on any atom is 0.326 e. The van der Waals surface area contributed by atoms with Gasteiger partial charge in [0, 0.05) is 25.6 Å². The summed E-state index contributed by atoms with van der Waals surface area (Å²) >= 11 is 0. The second-order valence-corrected chi connectivity index (χ2v) is 6.71. The number of nitrogens with zero attached hydrogens (tertiary/aromatic N) is 3. The van der Waals surface area contributed by atoms with Gasteiger partial charge in [0.2, 0.25) is 0 Å². The smallest absolute Gasteiger partial charge is 0.326 e. The number of nitrogens with one attached hydrogen (secondary N) is 1. The van der Waals surface area contributed by atoms with Crippen LogP contribution < -0.4 is 10.1 Å². The van der Waals surface area contributed by atoms with E-state index in [1.807, 2.05) is 6.07 Å². The predicted octanol–water partition coefficient (Wildman–Crippen LogP) is 0.131. The summed E-state index contributed by atoms with van der Waals surface area (Å²) < 4.78 is 10.4. The number of rotatable bonds is 6. The number of imide groups is 1. The Morgan fingerprint density at radius 2 is 2.14 bits per heavy atom. The zero-order chi connectivity index (χ0) is 21.0. The van der Waals surface area contributed by atoms with E-state index >= 15 is 0 Å². The minimum atomic E-state index is -1.28. The third-order valence-corrected chi connectivity index (χ3v) is 4.89. The van der Waals surface area contributed by atoms with E-state index in [1.54, 1.807) is 24.3 Å². The van der Waals surface area contributed by atoms with Crippen LogP contribution in [0.1, 0.15) is 18.4 Å². The Bertz CT molecular complexity index is 895. The normalized spacial score (nSPS) is 19.8. The van der Waals surface area contributed by atoms with E-state index in [4.69, 9.17) is 14.7 Å². The number of hydrogen-bond donors (Lipinski definition) is 1. The molecule has 2 aliphatic heterocycles. The van der Waals surface area contributed by atoms with E-state index in [0.717, 1.165) is 4.90 Å². The lowest BCUT2D eigenvalue weighted by molar-refractivity contribution is -0.153. The Hall–Kier alpha value is -3.61. The van der Waals surface area contributed by atoms with Crippen LogP contribution in [0.25, 0.3) is 0 Å². The summed E-state index contributed by atoms with van der Waals surface area (Å²) in [5.74, 6) is -1.43. The molecule has 2 heterocycles. The molecule has 0 saturated carbocycles.